The minimum absolute atomic E-state index is 0.0270. The van der Waals surface area contributed by atoms with Crippen LogP contribution in [0.25, 0.3) is 0 Å². The number of nitrogen functional groups attached to an aromatic ring is 1. The second-order valence-electron chi connectivity index (χ2n) is 6.08. The number of nitrogens with two attached hydrogens (primary N) is 1. The van der Waals surface area contributed by atoms with Gasteiger partial charge in [0.2, 0.25) is 0 Å². The number of likely N-dealkylation sites (tertiary alicyclic amines) is 1. The summed E-state index contributed by atoms with van der Waals surface area (Å²) in [4.78, 5) is 14.6. The van der Waals surface area contributed by atoms with E-state index in [0.29, 0.717) is 11.4 Å². The number of hydrogen-bond donors (Lipinski definition) is 2. The van der Waals surface area contributed by atoms with E-state index in [2.05, 4.69) is 17.1 Å². The molecule has 0 aliphatic carbocycles. The monoisotopic (exact) mass is 292 g/mol. The van der Waals surface area contributed by atoms with E-state index in [1.807, 2.05) is 17.7 Å². The van der Waals surface area contributed by atoms with E-state index >= 15 is 0 Å². The first-order valence-electron chi connectivity index (χ1n) is 8.06. The van der Waals surface area contributed by atoms with Gasteiger partial charge in [0.05, 0.1) is 5.69 Å². The molecule has 1 fully saturated rings. The Morgan fingerprint density at radius 1 is 1.43 bits per heavy atom. The number of rotatable bonds is 6. The SMILES string of the molecule is CCn1cc(N)cc1C(=O)NCCCN1CCC(C)CC1. The van der Waals surface area contributed by atoms with Gasteiger partial charge in [-0.1, -0.05) is 6.92 Å². The fourth-order valence-electron chi connectivity index (χ4n) is 2.87. The Balaban J connectivity index is 1.69. The van der Waals surface area contributed by atoms with Crippen LogP contribution in [0.5, 0.6) is 0 Å². The van der Waals surface area contributed by atoms with Gasteiger partial charge >= 0.3 is 0 Å². The molecule has 1 aliphatic rings. The molecule has 1 amide bonds. The highest BCUT2D eigenvalue weighted by Crippen LogP contribution is 2.15. The summed E-state index contributed by atoms with van der Waals surface area (Å²) in [6.45, 7) is 9.28. The van der Waals surface area contributed by atoms with Crippen LogP contribution in [0.3, 0.4) is 0 Å². The van der Waals surface area contributed by atoms with Crippen molar-refractivity contribution in [3.63, 3.8) is 0 Å². The molecular formula is C16H28N4O. The van der Waals surface area contributed by atoms with Crippen LogP contribution in [0.2, 0.25) is 0 Å². The summed E-state index contributed by atoms with van der Waals surface area (Å²) < 4.78 is 1.89. The zero-order valence-corrected chi connectivity index (χ0v) is 13.3. The van der Waals surface area contributed by atoms with Crippen LogP contribution in [0.15, 0.2) is 12.3 Å². The zero-order chi connectivity index (χ0) is 15.2. The summed E-state index contributed by atoms with van der Waals surface area (Å²) in [6.07, 6.45) is 5.41. The molecule has 1 saturated heterocycles. The normalized spacial score (nSPS) is 17.0. The summed E-state index contributed by atoms with van der Waals surface area (Å²) in [5, 5.41) is 2.99. The molecule has 0 radical (unpaired) electrons. The molecule has 1 aliphatic heterocycles. The molecule has 0 unspecified atom stereocenters. The lowest BCUT2D eigenvalue weighted by Crippen LogP contribution is -2.35. The van der Waals surface area contributed by atoms with Crippen molar-refractivity contribution in [1.82, 2.24) is 14.8 Å². The van der Waals surface area contributed by atoms with Gasteiger partial charge in [-0.3, -0.25) is 4.79 Å². The first kappa shape index (κ1) is 15.9. The predicted octanol–water partition coefficient (Wildman–Crippen LogP) is 1.94. The fourth-order valence-corrected chi connectivity index (χ4v) is 2.87. The largest absolute Gasteiger partial charge is 0.397 e. The van der Waals surface area contributed by atoms with Gasteiger partial charge in [0.25, 0.3) is 5.91 Å². The topological polar surface area (TPSA) is 63.3 Å². The Kier molecular flexibility index (Phi) is 5.67. The molecule has 118 valence electrons. The molecule has 0 atom stereocenters. The van der Waals surface area contributed by atoms with Crippen molar-refractivity contribution in [1.29, 1.82) is 0 Å². The molecule has 5 nitrogen and oxygen atoms in total. The van der Waals surface area contributed by atoms with Crippen molar-refractivity contribution in [2.45, 2.75) is 39.7 Å². The lowest BCUT2D eigenvalue weighted by Gasteiger charge is -2.30. The Morgan fingerprint density at radius 3 is 2.81 bits per heavy atom. The fraction of sp³-hybridized carbons (Fsp3) is 0.688. The van der Waals surface area contributed by atoms with Gasteiger partial charge in [0.15, 0.2) is 0 Å². The van der Waals surface area contributed by atoms with Crippen LogP contribution in [0.4, 0.5) is 5.69 Å². The van der Waals surface area contributed by atoms with Crippen LogP contribution < -0.4 is 11.1 Å². The van der Waals surface area contributed by atoms with Crippen molar-refractivity contribution in [3.8, 4) is 0 Å². The molecule has 3 N–H and O–H groups in total. The zero-order valence-electron chi connectivity index (χ0n) is 13.3. The van der Waals surface area contributed by atoms with Crippen molar-refractivity contribution in [2.75, 3.05) is 31.9 Å². The van der Waals surface area contributed by atoms with E-state index in [9.17, 15) is 4.79 Å². The number of nitrogens with one attached hydrogen (secondary N) is 1. The third-order valence-corrected chi connectivity index (χ3v) is 4.30. The number of aryl methyl sites for hydroxylation is 1. The average Bonchev–Trinajstić information content (AvgIpc) is 2.86. The Labute approximate surface area is 127 Å². The molecule has 1 aromatic rings. The molecule has 0 spiro atoms. The van der Waals surface area contributed by atoms with Crippen LogP contribution >= 0.6 is 0 Å². The molecule has 0 saturated carbocycles. The number of aromatic nitrogens is 1. The number of piperidine rings is 1. The Bertz CT molecular complexity index is 461. The third-order valence-electron chi connectivity index (χ3n) is 4.30. The number of nitrogens with zero attached hydrogens (tertiary/aromatic N) is 2. The number of hydrogen-bond acceptors (Lipinski definition) is 3. The molecule has 5 heteroatoms. The van der Waals surface area contributed by atoms with Crippen LogP contribution in [0.1, 0.15) is 43.6 Å². The van der Waals surface area contributed by atoms with Gasteiger partial charge in [0, 0.05) is 19.3 Å². The van der Waals surface area contributed by atoms with E-state index in [0.717, 1.165) is 32.0 Å². The molecule has 0 aromatic carbocycles. The molecular weight excluding hydrogens is 264 g/mol. The van der Waals surface area contributed by atoms with Gasteiger partial charge in [0.1, 0.15) is 5.69 Å². The number of carbonyl (C=O) groups is 1. The Morgan fingerprint density at radius 2 is 2.14 bits per heavy atom. The van der Waals surface area contributed by atoms with Gasteiger partial charge < -0.3 is 20.5 Å². The molecule has 0 bridgehead atoms. The lowest BCUT2D eigenvalue weighted by atomic mass is 9.99. The quantitative estimate of drug-likeness (QED) is 0.788. The van der Waals surface area contributed by atoms with Crippen molar-refractivity contribution >= 4 is 11.6 Å². The smallest absolute Gasteiger partial charge is 0.267 e. The maximum atomic E-state index is 12.1. The molecule has 2 heterocycles. The van der Waals surface area contributed by atoms with Gasteiger partial charge in [-0.05, 0) is 57.8 Å². The third kappa shape index (κ3) is 4.49. The maximum absolute atomic E-state index is 12.1. The minimum atomic E-state index is -0.0270. The maximum Gasteiger partial charge on any atom is 0.267 e. The molecule has 1 aromatic heterocycles. The van der Waals surface area contributed by atoms with Crippen molar-refractivity contribution < 1.29 is 4.79 Å². The molecule has 21 heavy (non-hydrogen) atoms. The van der Waals surface area contributed by atoms with Crippen LogP contribution in [-0.2, 0) is 6.54 Å². The highest BCUT2D eigenvalue weighted by molar-refractivity contribution is 5.93. The van der Waals surface area contributed by atoms with Crippen molar-refractivity contribution in [3.05, 3.63) is 18.0 Å². The van der Waals surface area contributed by atoms with E-state index in [1.54, 1.807) is 6.07 Å². The van der Waals surface area contributed by atoms with Crippen LogP contribution in [-0.4, -0.2) is 41.6 Å². The standard InChI is InChI=1S/C16H28N4O/c1-3-20-12-14(17)11-15(20)16(21)18-7-4-8-19-9-5-13(2)6-10-19/h11-13H,3-10,17H2,1-2H3,(H,18,21). The summed E-state index contributed by atoms with van der Waals surface area (Å²) in [5.74, 6) is 0.842. The number of amides is 1. The van der Waals surface area contributed by atoms with Gasteiger partial charge in [-0.25, -0.2) is 0 Å². The highest BCUT2D eigenvalue weighted by Gasteiger charge is 2.15. The number of anilines is 1. The van der Waals surface area contributed by atoms with Gasteiger partial charge in [-0.15, -0.1) is 0 Å². The lowest BCUT2D eigenvalue weighted by molar-refractivity contribution is 0.0941. The van der Waals surface area contributed by atoms with E-state index in [1.165, 1.54) is 25.9 Å². The first-order chi connectivity index (χ1) is 10.1. The van der Waals surface area contributed by atoms with Crippen molar-refractivity contribution in [2.24, 2.45) is 5.92 Å². The molecule has 2 rings (SSSR count). The van der Waals surface area contributed by atoms with Crippen LogP contribution in [0, 0.1) is 5.92 Å². The first-order valence-corrected chi connectivity index (χ1v) is 8.06. The second kappa shape index (κ2) is 7.50. The van der Waals surface area contributed by atoms with E-state index in [-0.39, 0.29) is 5.91 Å². The minimum Gasteiger partial charge on any atom is -0.397 e. The second-order valence-corrected chi connectivity index (χ2v) is 6.08. The van der Waals surface area contributed by atoms with E-state index in [4.69, 9.17) is 5.73 Å². The summed E-state index contributed by atoms with van der Waals surface area (Å²) in [7, 11) is 0. The Hall–Kier alpha value is -1.49. The summed E-state index contributed by atoms with van der Waals surface area (Å²) in [5.41, 5.74) is 7.05. The summed E-state index contributed by atoms with van der Waals surface area (Å²) in [6, 6.07) is 1.74. The number of carbonyl (C=O) groups excluding carboxylic acids is 1. The summed E-state index contributed by atoms with van der Waals surface area (Å²) >= 11 is 0. The average molecular weight is 292 g/mol. The highest BCUT2D eigenvalue weighted by atomic mass is 16.1. The van der Waals surface area contributed by atoms with E-state index < -0.39 is 0 Å². The predicted molar refractivity (Wildman–Crippen MR) is 86.3 cm³/mol. The van der Waals surface area contributed by atoms with Gasteiger partial charge in [-0.2, -0.15) is 0 Å².